The Morgan fingerprint density at radius 2 is 1.93 bits per heavy atom. The summed E-state index contributed by atoms with van der Waals surface area (Å²) < 4.78 is 34.3. The van der Waals surface area contributed by atoms with E-state index < -0.39 is 62.1 Å². The van der Waals surface area contributed by atoms with E-state index in [-0.39, 0.29) is 31.5 Å². The van der Waals surface area contributed by atoms with Crippen molar-refractivity contribution in [3.05, 3.63) is 11.9 Å². The Labute approximate surface area is 252 Å². The fraction of sp³-hybridized carbons (Fsp3) is 0.786. The maximum atomic E-state index is 14.1. The van der Waals surface area contributed by atoms with E-state index in [1.807, 2.05) is 33.9 Å². The lowest BCUT2D eigenvalue weighted by Gasteiger charge is -2.35. The van der Waals surface area contributed by atoms with Crippen LogP contribution in [0.5, 0.6) is 0 Å². The van der Waals surface area contributed by atoms with Crippen molar-refractivity contribution in [2.24, 2.45) is 11.3 Å². The number of sulfonamides is 1. The molecule has 238 valence electrons. The smallest absolute Gasteiger partial charge is 0.407 e. The molecule has 1 aromatic rings. The summed E-state index contributed by atoms with van der Waals surface area (Å²) in [5, 5.41) is 13.6. The number of alkyl carbamates (subject to hydrolysis) is 1. The van der Waals surface area contributed by atoms with Crippen molar-refractivity contribution in [2.45, 2.75) is 114 Å². The second kappa shape index (κ2) is 11.7. The van der Waals surface area contributed by atoms with Gasteiger partial charge in [-0.25, -0.2) is 17.9 Å². The monoisotopic (exact) mass is 621 g/mol. The van der Waals surface area contributed by atoms with Crippen molar-refractivity contribution >= 4 is 33.8 Å². The molecule has 0 spiro atoms. The molecule has 5 atom stereocenters. The summed E-state index contributed by atoms with van der Waals surface area (Å²) in [7, 11) is -3.81. The molecule has 5 rings (SSSR count). The Bertz CT molecular complexity index is 1370. The quantitative estimate of drug-likeness (QED) is 0.420. The van der Waals surface area contributed by atoms with Crippen LogP contribution in [0.25, 0.3) is 0 Å². The first kappa shape index (κ1) is 31.2. The predicted molar refractivity (Wildman–Crippen MR) is 154 cm³/mol. The van der Waals surface area contributed by atoms with Crippen LogP contribution in [0.1, 0.15) is 90.8 Å². The lowest BCUT2D eigenvalue weighted by atomic mass is 9.85. The molecule has 2 aliphatic carbocycles. The Hall–Kier alpha value is -3.23. The maximum Gasteiger partial charge on any atom is 0.407 e. The zero-order valence-electron chi connectivity index (χ0n) is 25.3. The molecule has 0 aromatic carbocycles. The zero-order chi connectivity index (χ0) is 31.2. The number of carbonyl (C=O) groups is 4. The second-order valence-corrected chi connectivity index (χ2v) is 15.4. The first-order valence-electron chi connectivity index (χ1n) is 15.3. The highest BCUT2D eigenvalue weighted by molar-refractivity contribution is 7.91. The van der Waals surface area contributed by atoms with Crippen LogP contribution in [-0.2, 0) is 35.6 Å². The molecule has 15 heteroatoms. The molecule has 3 fully saturated rings. The van der Waals surface area contributed by atoms with Crippen molar-refractivity contribution < 1.29 is 32.3 Å². The number of nitrogens with zero attached hydrogens (tertiary/aromatic N) is 4. The third-order valence-corrected chi connectivity index (χ3v) is 10.8. The van der Waals surface area contributed by atoms with E-state index in [0.717, 1.165) is 18.5 Å². The molecule has 2 unspecified atom stereocenters. The number of carbonyl (C=O) groups excluding carboxylic acids is 4. The van der Waals surface area contributed by atoms with E-state index >= 15 is 0 Å². The minimum Gasteiger partial charge on any atom is -0.450 e. The minimum atomic E-state index is -3.81. The number of hydrogen-bond acceptors (Lipinski definition) is 9. The van der Waals surface area contributed by atoms with Crippen LogP contribution in [0, 0.1) is 11.3 Å². The molecule has 4 aliphatic rings. The zero-order valence-corrected chi connectivity index (χ0v) is 26.1. The highest BCUT2D eigenvalue weighted by Crippen LogP contribution is 2.47. The van der Waals surface area contributed by atoms with E-state index in [1.54, 1.807) is 4.68 Å². The Balaban J connectivity index is 1.43. The molecule has 4 amide bonds. The third kappa shape index (κ3) is 6.65. The summed E-state index contributed by atoms with van der Waals surface area (Å²) in [4.78, 5) is 55.6. The highest BCUT2D eigenvalue weighted by Gasteiger charge is 2.62. The molecule has 1 saturated heterocycles. The fourth-order valence-corrected chi connectivity index (χ4v) is 7.49. The van der Waals surface area contributed by atoms with Gasteiger partial charge in [0.2, 0.25) is 21.8 Å². The van der Waals surface area contributed by atoms with E-state index in [4.69, 9.17) is 4.74 Å². The number of aromatic nitrogens is 3. The van der Waals surface area contributed by atoms with Gasteiger partial charge in [-0.05, 0) is 56.3 Å². The normalized spacial score (nSPS) is 30.3. The first-order chi connectivity index (χ1) is 20.2. The van der Waals surface area contributed by atoms with Crippen LogP contribution in [0.2, 0.25) is 0 Å². The summed E-state index contributed by atoms with van der Waals surface area (Å²) >= 11 is 0. The van der Waals surface area contributed by atoms with Crippen LogP contribution in [0.15, 0.2) is 6.20 Å². The van der Waals surface area contributed by atoms with Gasteiger partial charge in [-0.3, -0.25) is 19.1 Å². The fourth-order valence-electron chi connectivity index (χ4n) is 6.12. The van der Waals surface area contributed by atoms with Gasteiger partial charge in [0, 0.05) is 19.2 Å². The minimum absolute atomic E-state index is 0.134. The van der Waals surface area contributed by atoms with Crippen molar-refractivity contribution in [2.75, 3.05) is 13.2 Å². The van der Waals surface area contributed by atoms with Crippen LogP contribution >= 0.6 is 0 Å². The Morgan fingerprint density at radius 3 is 2.58 bits per heavy atom. The van der Waals surface area contributed by atoms with E-state index in [1.165, 1.54) is 4.90 Å². The second-order valence-electron chi connectivity index (χ2n) is 13.4. The number of cyclic esters (lactones) is 1. The Morgan fingerprint density at radius 1 is 1.19 bits per heavy atom. The molecule has 3 heterocycles. The van der Waals surface area contributed by atoms with Crippen molar-refractivity contribution in [1.29, 1.82) is 0 Å². The van der Waals surface area contributed by atoms with Gasteiger partial charge < -0.3 is 20.3 Å². The van der Waals surface area contributed by atoms with Gasteiger partial charge in [-0.1, -0.05) is 39.3 Å². The summed E-state index contributed by atoms with van der Waals surface area (Å²) in [6, 6.07) is -2.37. The third-order valence-electron chi connectivity index (χ3n) is 9.03. The molecule has 43 heavy (non-hydrogen) atoms. The van der Waals surface area contributed by atoms with E-state index in [9.17, 15) is 27.6 Å². The average molecular weight is 622 g/mol. The summed E-state index contributed by atoms with van der Waals surface area (Å²) in [6.07, 6.45) is 6.24. The first-order valence-corrected chi connectivity index (χ1v) is 16.8. The molecule has 14 nitrogen and oxygen atoms in total. The van der Waals surface area contributed by atoms with Crippen molar-refractivity contribution in [3.63, 3.8) is 0 Å². The summed E-state index contributed by atoms with van der Waals surface area (Å²) in [5.41, 5.74) is -1.30. The lowest BCUT2D eigenvalue weighted by Crippen LogP contribution is -2.60. The van der Waals surface area contributed by atoms with Gasteiger partial charge in [0.1, 0.15) is 17.6 Å². The van der Waals surface area contributed by atoms with Crippen LogP contribution in [0.4, 0.5) is 4.79 Å². The number of ether oxygens (including phenoxy) is 1. The molecule has 3 N–H and O–H groups in total. The topological polar surface area (TPSA) is 182 Å². The lowest BCUT2D eigenvalue weighted by molar-refractivity contribution is -0.142. The van der Waals surface area contributed by atoms with Crippen LogP contribution in [-0.4, -0.2) is 88.2 Å². The van der Waals surface area contributed by atoms with Crippen molar-refractivity contribution in [3.8, 4) is 0 Å². The highest BCUT2D eigenvalue weighted by atomic mass is 32.2. The van der Waals surface area contributed by atoms with E-state index in [2.05, 4.69) is 25.7 Å². The number of nitrogens with one attached hydrogen (secondary N) is 3. The number of amides is 4. The van der Waals surface area contributed by atoms with Gasteiger partial charge in [-0.15, -0.1) is 5.10 Å². The molecule has 2 aliphatic heterocycles. The standard InChI is InChI=1S/C28H43N7O7S/c1-5-17-14-28(17,25(38)32-43(40,41)20-10-11-20)30-23(36)21-13-19-16-34(21)24(37)22(27(2,3)4)29-26(39)42-12-8-6-7-9-18-15-35(19)33-31-18/h15,17,19-22H,5-14,16H2,1-4H3,(H,29,39)(H,30,36)(H,32,38)/t17?,19?,21-,22+,28+/m0/s1. The maximum absolute atomic E-state index is 14.1. The van der Waals surface area contributed by atoms with Gasteiger partial charge in [0.25, 0.3) is 5.91 Å². The molecule has 0 radical (unpaired) electrons. The number of hydrogen-bond donors (Lipinski definition) is 3. The van der Waals surface area contributed by atoms with Crippen LogP contribution in [0.3, 0.4) is 0 Å². The van der Waals surface area contributed by atoms with Gasteiger partial charge >= 0.3 is 6.09 Å². The average Bonchev–Trinajstić information content (AvgIpc) is 3.81. The van der Waals surface area contributed by atoms with Gasteiger partial charge in [0.05, 0.1) is 23.6 Å². The number of fused-ring (bicyclic) bond motifs is 5. The predicted octanol–water partition coefficient (Wildman–Crippen LogP) is 1.18. The number of aryl methyl sites for hydroxylation is 1. The van der Waals surface area contributed by atoms with Gasteiger partial charge in [0.15, 0.2) is 0 Å². The van der Waals surface area contributed by atoms with Crippen LogP contribution < -0.4 is 15.4 Å². The largest absolute Gasteiger partial charge is 0.450 e. The molecule has 4 bridgehead atoms. The van der Waals surface area contributed by atoms with Crippen molar-refractivity contribution in [1.82, 2.24) is 35.2 Å². The summed E-state index contributed by atoms with van der Waals surface area (Å²) in [5.74, 6) is -2.00. The number of rotatable bonds is 6. The molecule has 1 aromatic heterocycles. The molecule has 2 saturated carbocycles. The van der Waals surface area contributed by atoms with E-state index in [0.29, 0.717) is 38.5 Å². The molecular formula is C28H43N7O7S. The molecular weight excluding hydrogens is 578 g/mol. The van der Waals surface area contributed by atoms with Gasteiger partial charge in [-0.2, -0.15) is 0 Å². The summed E-state index contributed by atoms with van der Waals surface area (Å²) in [6.45, 7) is 7.67. The SMILES string of the molecule is CCC1C[C@]1(NC(=O)[C@@H]1CC2CN1C(=O)[C@H](C(C)(C)C)NC(=O)OCCCCCc1cn2nn1)C(=O)NS(=O)(=O)C1CC1. The Kier molecular flexibility index (Phi) is 8.49.